The lowest BCUT2D eigenvalue weighted by molar-refractivity contribution is -0.119. The summed E-state index contributed by atoms with van der Waals surface area (Å²) in [7, 11) is 0. The number of hydrogen-bond acceptors (Lipinski definition) is 5. The maximum absolute atomic E-state index is 11.4. The van der Waals surface area contributed by atoms with Crippen LogP contribution in [-0.4, -0.2) is 33.9 Å². The Morgan fingerprint density at radius 1 is 1.12 bits per heavy atom. The van der Waals surface area contributed by atoms with E-state index in [0.29, 0.717) is 43.6 Å². The third-order valence-corrected chi connectivity index (χ3v) is 4.91. The molecule has 1 saturated carbocycles. The first-order valence-electron chi connectivity index (χ1n) is 8.58. The number of Topliss-reactive ketones (excluding diaryl/α,β-unsaturated/α-hetero) is 1. The zero-order valence-corrected chi connectivity index (χ0v) is 13.6. The van der Waals surface area contributed by atoms with E-state index in [-0.39, 0.29) is 6.61 Å². The smallest absolute Gasteiger partial charge is 0.225 e. The maximum atomic E-state index is 11.4. The van der Waals surface area contributed by atoms with Crippen molar-refractivity contribution >= 4 is 11.7 Å². The number of nitrogens with zero attached hydrogens (tertiary/aromatic N) is 3. The van der Waals surface area contributed by atoms with Crippen LogP contribution in [0.1, 0.15) is 42.7 Å². The average molecular weight is 323 g/mol. The number of ketones is 1. The van der Waals surface area contributed by atoms with Gasteiger partial charge in [-0.2, -0.15) is 0 Å². The molecule has 4 rings (SSSR count). The van der Waals surface area contributed by atoms with Crippen LogP contribution in [0.3, 0.4) is 0 Å². The minimum Gasteiger partial charge on any atom is -0.392 e. The Morgan fingerprint density at radius 2 is 1.83 bits per heavy atom. The van der Waals surface area contributed by atoms with Crippen LogP contribution in [0.5, 0.6) is 0 Å². The van der Waals surface area contributed by atoms with Crippen molar-refractivity contribution in [2.24, 2.45) is 0 Å². The number of hydrogen-bond donors (Lipinski definition) is 1. The van der Waals surface area contributed by atoms with Crippen LogP contribution in [0.15, 0.2) is 30.6 Å². The van der Waals surface area contributed by atoms with Crippen LogP contribution in [0, 0.1) is 0 Å². The highest BCUT2D eigenvalue weighted by Crippen LogP contribution is 2.46. The van der Waals surface area contributed by atoms with Gasteiger partial charge in [0.05, 0.1) is 6.61 Å². The Kier molecular flexibility index (Phi) is 4.02. The summed E-state index contributed by atoms with van der Waals surface area (Å²) in [4.78, 5) is 22.5. The Balaban J connectivity index is 1.62. The van der Waals surface area contributed by atoms with Crippen LogP contribution in [0.2, 0.25) is 0 Å². The molecular formula is C19H21N3O2. The Morgan fingerprint density at radius 3 is 2.46 bits per heavy atom. The molecule has 5 heteroatoms. The van der Waals surface area contributed by atoms with Crippen LogP contribution in [0.4, 0.5) is 5.95 Å². The molecule has 2 fully saturated rings. The van der Waals surface area contributed by atoms with Crippen molar-refractivity contribution < 1.29 is 9.90 Å². The zero-order chi connectivity index (χ0) is 16.5. The van der Waals surface area contributed by atoms with E-state index in [0.717, 1.165) is 16.7 Å². The van der Waals surface area contributed by atoms with Gasteiger partial charge in [0, 0.05) is 43.9 Å². The fourth-order valence-electron chi connectivity index (χ4n) is 3.44. The third kappa shape index (κ3) is 2.91. The van der Waals surface area contributed by atoms with Crippen LogP contribution >= 0.6 is 0 Å². The summed E-state index contributed by atoms with van der Waals surface area (Å²) in [5, 5.41) is 9.64. The number of carbonyl (C=O) groups excluding carboxylic acids is 1. The number of rotatable bonds is 4. The molecule has 0 unspecified atom stereocenters. The molecule has 0 spiro atoms. The number of aliphatic hydroxyl groups is 1. The van der Waals surface area contributed by atoms with E-state index in [1.54, 1.807) is 0 Å². The predicted octanol–water partition coefficient (Wildman–Crippen LogP) is 2.68. The quantitative estimate of drug-likeness (QED) is 0.937. The fraction of sp³-hybridized carbons (Fsp3) is 0.421. The molecule has 0 atom stereocenters. The Bertz CT molecular complexity index is 744. The molecule has 0 bridgehead atoms. The first-order valence-corrected chi connectivity index (χ1v) is 8.58. The molecule has 1 saturated heterocycles. The van der Waals surface area contributed by atoms with Gasteiger partial charge in [0.15, 0.2) is 0 Å². The van der Waals surface area contributed by atoms with Gasteiger partial charge in [0.25, 0.3) is 0 Å². The topological polar surface area (TPSA) is 66.3 Å². The molecule has 1 aliphatic carbocycles. The lowest BCUT2D eigenvalue weighted by Gasteiger charge is -2.25. The molecule has 2 aromatic rings. The number of anilines is 1. The number of aromatic nitrogens is 2. The van der Waals surface area contributed by atoms with Gasteiger partial charge in [-0.25, -0.2) is 9.97 Å². The van der Waals surface area contributed by atoms with E-state index >= 15 is 0 Å². The van der Waals surface area contributed by atoms with E-state index in [4.69, 9.17) is 0 Å². The summed E-state index contributed by atoms with van der Waals surface area (Å²) < 4.78 is 0. The molecule has 1 aliphatic heterocycles. The van der Waals surface area contributed by atoms with Crippen molar-refractivity contribution in [2.45, 2.75) is 38.2 Å². The molecule has 2 heterocycles. The lowest BCUT2D eigenvalue weighted by atomic mass is 9.94. The highest BCUT2D eigenvalue weighted by Gasteiger charge is 2.29. The second-order valence-corrected chi connectivity index (χ2v) is 6.61. The molecule has 5 nitrogen and oxygen atoms in total. The predicted molar refractivity (Wildman–Crippen MR) is 91.8 cm³/mol. The van der Waals surface area contributed by atoms with Gasteiger partial charge in [-0.3, -0.25) is 4.79 Å². The van der Waals surface area contributed by atoms with Gasteiger partial charge in [0.1, 0.15) is 5.78 Å². The monoisotopic (exact) mass is 323 g/mol. The standard InChI is InChI=1S/C19H21N3O2/c23-12-14-2-1-3-17(18(14)13-4-5-13)15-10-20-19(21-11-15)22-8-6-16(24)7-9-22/h1-3,10-11,13,23H,4-9,12H2. The Labute approximate surface area is 141 Å². The van der Waals surface area contributed by atoms with Gasteiger partial charge >= 0.3 is 0 Å². The van der Waals surface area contributed by atoms with E-state index < -0.39 is 0 Å². The van der Waals surface area contributed by atoms with Crippen molar-refractivity contribution in [1.82, 2.24) is 9.97 Å². The first kappa shape index (κ1) is 15.3. The van der Waals surface area contributed by atoms with Gasteiger partial charge in [-0.1, -0.05) is 18.2 Å². The first-order chi connectivity index (χ1) is 11.8. The summed E-state index contributed by atoms with van der Waals surface area (Å²) in [6, 6.07) is 6.07. The molecule has 1 aromatic carbocycles. The van der Waals surface area contributed by atoms with Crippen molar-refractivity contribution in [3.8, 4) is 11.1 Å². The van der Waals surface area contributed by atoms with Crippen molar-refractivity contribution in [2.75, 3.05) is 18.0 Å². The van der Waals surface area contributed by atoms with E-state index in [1.807, 2.05) is 24.5 Å². The van der Waals surface area contributed by atoms with Gasteiger partial charge in [-0.15, -0.1) is 0 Å². The highest BCUT2D eigenvalue weighted by atomic mass is 16.3. The minimum absolute atomic E-state index is 0.0699. The fourth-order valence-corrected chi connectivity index (χ4v) is 3.44. The van der Waals surface area contributed by atoms with Crippen molar-refractivity contribution in [3.05, 3.63) is 41.7 Å². The van der Waals surface area contributed by atoms with Gasteiger partial charge in [0.2, 0.25) is 5.95 Å². The normalized spacial score (nSPS) is 18.0. The molecule has 1 N–H and O–H groups in total. The van der Waals surface area contributed by atoms with Gasteiger partial charge < -0.3 is 10.0 Å². The number of aliphatic hydroxyl groups excluding tert-OH is 1. The Hall–Kier alpha value is -2.27. The molecule has 2 aliphatic rings. The molecule has 0 radical (unpaired) electrons. The van der Waals surface area contributed by atoms with E-state index in [9.17, 15) is 9.90 Å². The molecular weight excluding hydrogens is 302 g/mol. The lowest BCUT2D eigenvalue weighted by Crippen LogP contribution is -2.34. The minimum atomic E-state index is 0.0699. The summed E-state index contributed by atoms with van der Waals surface area (Å²) in [5.74, 6) is 1.56. The number of carbonyl (C=O) groups is 1. The molecule has 124 valence electrons. The maximum Gasteiger partial charge on any atom is 0.225 e. The number of piperidine rings is 1. The summed E-state index contributed by atoms with van der Waals surface area (Å²) >= 11 is 0. The van der Waals surface area contributed by atoms with E-state index in [2.05, 4.69) is 20.9 Å². The molecule has 0 amide bonds. The van der Waals surface area contributed by atoms with Crippen LogP contribution in [-0.2, 0) is 11.4 Å². The number of benzene rings is 1. The van der Waals surface area contributed by atoms with Gasteiger partial charge in [-0.05, 0) is 35.4 Å². The molecule has 24 heavy (non-hydrogen) atoms. The summed E-state index contributed by atoms with van der Waals surface area (Å²) in [6.07, 6.45) is 7.25. The van der Waals surface area contributed by atoms with E-state index in [1.165, 1.54) is 18.4 Å². The van der Waals surface area contributed by atoms with Crippen molar-refractivity contribution in [1.29, 1.82) is 0 Å². The van der Waals surface area contributed by atoms with Crippen LogP contribution in [0.25, 0.3) is 11.1 Å². The SMILES string of the molecule is O=C1CCN(c2ncc(-c3cccc(CO)c3C3CC3)cn2)CC1. The second-order valence-electron chi connectivity index (χ2n) is 6.61. The summed E-state index contributed by atoms with van der Waals surface area (Å²) in [6.45, 7) is 1.47. The zero-order valence-electron chi connectivity index (χ0n) is 13.6. The highest BCUT2D eigenvalue weighted by molar-refractivity contribution is 5.80. The molecule has 1 aromatic heterocycles. The third-order valence-electron chi connectivity index (χ3n) is 4.91. The average Bonchev–Trinajstić information content (AvgIpc) is 3.47. The largest absolute Gasteiger partial charge is 0.392 e. The second kappa shape index (κ2) is 6.32. The van der Waals surface area contributed by atoms with Crippen molar-refractivity contribution in [3.63, 3.8) is 0 Å². The van der Waals surface area contributed by atoms with Crippen LogP contribution < -0.4 is 4.90 Å². The summed E-state index contributed by atoms with van der Waals surface area (Å²) in [5.41, 5.74) is 4.38.